The average molecular weight is 258 g/mol. The van der Waals surface area contributed by atoms with Gasteiger partial charge in [-0.15, -0.1) is 0 Å². The molecule has 0 saturated heterocycles. The number of rotatable bonds is 2. The maximum atomic E-state index is 11.7. The second kappa shape index (κ2) is 4.20. The number of amidine groups is 1. The van der Waals surface area contributed by atoms with Crippen LogP contribution in [0.5, 0.6) is 0 Å². The highest BCUT2D eigenvalue weighted by Gasteiger charge is 2.32. The lowest BCUT2D eigenvalue weighted by Crippen LogP contribution is -2.54. The maximum Gasteiger partial charge on any atom is 0.306 e. The highest BCUT2D eigenvalue weighted by atomic mass is 16.4. The summed E-state index contributed by atoms with van der Waals surface area (Å²) in [4.78, 5) is 30.9. The van der Waals surface area contributed by atoms with Gasteiger partial charge in [0.2, 0.25) is 0 Å². The lowest BCUT2D eigenvalue weighted by molar-refractivity contribution is -0.140. The van der Waals surface area contributed by atoms with Crippen molar-refractivity contribution in [1.82, 2.24) is 10.4 Å². The van der Waals surface area contributed by atoms with Gasteiger partial charge in [0.15, 0.2) is 5.84 Å². The average Bonchev–Trinajstić information content (AvgIpc) is 2.39. The van der Waals surface area contributed by atoms with Gasteiger partial charge in [-0.2, -0.15) is 0 Å². The van der Waals surface area contributed by atoms with Crippen LogP contribution < -0.4 is 5.43 Å². The Morgan fingerprint density at radius 2 is 2.21 bits per heavy atom. The minimum Gasteiger partial charge on any atom is -0.481 e. The van der Waals surface area contributed by atoms with E-state index in [4.69, 9.17) is 5.11 Å². The Morgan fingerprint density at radius 3 is 3.00 bits per heavy atom. The monoisotopic (exact) mass is 258 g/mol. The SMILES string of the molecule is O=C(O)C[C@H]1N=C2c3ccccc3N=CN2NC1=O. The van der Waals surface area contributed by atoms with Gasteiger partial charge in [-0.1, -0.05) is 12.1 Å². The molecule has 1 atom stereocenters. The lowest BCUT2D eigenvalue weighted by Gasteiger charge is -2.31. The van der Waals surface area contributed by atoms with Crippen molar-refractivity contribution in [3.63, 3.8) is 0 Å². The Bertz CT molecular complexity index is 623. The molecule has 96 valence electrons. The minimum atomic E-state index is -1.06. The number of nitrogens with zero attached hydrogens (tertiary/aromatic N) is 3. The first kappa shape index (κ1) is 11.4. The fourth-order valence-corrected chi connectivity index (χ4v) is 2.00. The van der Waals surface area contributed by atoms with E-state index in [2.05, 4.69) is 15.4 Å². The van der Waals surface area contributed by atoms with Crippen molar-refractivity contribution in [2.24, 2.45) is 9.98 Å². The maximum absolute atomic E-state index is 11.7. The Kier molecular flexibility index (Phi) is 2.52. The van der Waals surface area contributed by atoms with Crippen molar-refractivity contribution >= 4 is 29.7 Å². The molecule has 0 saturated carbocycles. The topological polar surface area (TPSA) is 94.4 Å². The van der Waals surface area contributed by atoms with Gasteiger partial charge in [-0.05, 0) is 12.1 Å². The number of aliphatic imine (C=N–C) groups is 2. The van der Waals surface area contributed by atoms with Crippen LogP contribution in [0.2, 0.25) is 0 Å². The van der Waals surface area contributed by atoms with Crippen LogP contribution in [0.15, 0.2) is 34.3 Å². The molecule has 0 fully saturated rings. The molecule has 7 heteroatoms. The van der Waals surface area contributed by atoms with E-state index in [1.165, 1.54) is 11.3 Å². The number of aliphatic carboxylic acids is 1. The first-order chi connectivity index (χ1) is 9.15. The number of hydrazine groups is 1. The normalized spacial score (nSPS) is 20.2. The molecule has 1 amide bonds. The van der Waals surface area contributed by atoms with Crippen LogP contribution >= 0.6 is 0 Å². The highest BCUT2D eigenvalue weighted by molar-refractivity contribution is 6.13. The third-order valence-electron chi connectivity index (χ3n) is 2.86. The summed E-state index contributed by atoms with van der Waals surface area (Å²) in [5, 5.41) is 10.2. The molecular formula is C12H10N4O3. The molecule has 1 aromatic carbocycles. The molecule has 2 aliphatic rings. The molecule has 1 aromatic rings. The number of carboxylic acids is 1. The smallest absolute Gasteiger partial charge is 0.306 e. The summed E-state index contributed by atoms with van der Waals surface area (Å²) in [6.07, 6.45) is 1.12. The van der Waals surface area contributed by atoms with E-state index in [1.807, 2.05) is 24.3 Å². The van der Waals surface area contributed by atoms with E-state index in [0.717, 1.165) is 11.3 Å². The van der Waals surface area contributed by atoms with Crippen LogP contribution in [-0.2, 0) is 9.59 Å². The van der Waals surface area contributed by atoms with Crippen molar-refractivity contribution < 1.29 is 14.7 Å². The molecule has 3 rings (SSSR count). The van der Waals surface area contributed by atoms with E-state index in [0.29, 0.717) is 5.84 Å². The highest BCUT2D eigenvalue weighted by Crippen LogP contribution is 2.25. The molecule has 0 unspecified atom stereocenters. The fourth-order valence-electron chi connectivity index (χ4n) is 2.00. The first-order valence-corrected chi connectivity index (χ1v) is 5.68. The molecule has 2 N–H and O–H groups in total. The molecular weight excluding hydrogens is 248 g/mol. The van der Waals surface area contributed by atoms with E-state index in [-0.39, 0.29) is 6.42 Å². The quantitative estimate of drug-likeness (QED) is 0.797. The van der Waals surface area contributed by atoms with Crippen LogP contribution in [0, 0.1) is 0 Å². The van der Waals surface area contributed by atoms with E-state index in [9.17, 15) is 9.59 Å². The summed E-state index contributed by atoms with van der Waals surface area (Å²) < 4.78 is 0. The molecule has 0 radical (unpaired) electrons. The molecule has 0 spiro atoms. The number of carboxylic acid groups (broad SMARTS) is 1. The zero-order valence-electron chi connectivity index (χ0n) is 9.78. The summed E-state index contributed by atoms with van der Waals surface area (Å²) in [5.41, 5.74) is 4.07. The van der Waals surface area contributed by atoms with E-state index in [1.54, 1.807) is 0 Å². The first-order valence-electron chi connectivity index (χ1n) is 5.68. The Morgan fingerprint density at radius 1 is 1.42 bits per heavy atom. The van der Waals surface area contributed by atoms with Gasteiger partial charge in [0.25, 0.3) is 5.91 Å². The van der Waals surface area contributed by atoms with Crippen LogP contribution in [0.25, 0.3) is 0 Å². The van der Waals surface area contributed by atoms with Crippen molar-refractivity contribution in [1.29, 1.82) is 0 Å². The largest absolute Gasteiger partial charge is 0.481 e. The summed E-state index contributed by atoms with van der Waals surface area (Å²) >= 11 is 0. The second-order valence-corrected chi connectivity index (χ2v) is 4.17. The van der Waals surface area contributed by atoms with Gasteiger partial charge in [0.05, 0.1) is 12.1 Å². The number of fused-ring (bicyclic) bond motifs is 3. The minimum absolute atomic E-state index is 0.331. The number of benzene rings is 1. The van der Waals surface area contributed by atoms with Crippen molar-refractivity contribution in [2.45, 2.75) is 12.5 Å². The fraction of sp³-hybridized carbons (Fsp3) is 0.167. The summed E-state index contributed by atoms with van der Waals surface area (Å²) in [6, 6.07) is 6.43. The van der Waals surface area contributed by atoms with Gasteiger partial charge < -0.3 is 5.11 Å². The number of nitrogens with one attached hydrogen (secondary N) is 1. The number of hydrogen-bond donors (Lipinski definition) is 2. The molecule has 19 heavy (non-hydrogen) atoms. The van der Waals surface area contributed by atoms with Crippen molar-refractivity contribution in [3.05, 3.63) is 29.8 Å². The molecule has 2 heterocycles. The number of carbonyl (C=O) groups is 2. The van der Waals surface area contributed by atoms with Gasteiger partial charge >= 0.3 is 5.97 Å². The van der Waals surface area contributed by atoms with E-state index < -0.39 is 17.9 Å². The molecule has 0 bridgehead atoms. The lowest BCUT2D eigenvalue weighted by atomic mass is 10.1. The van der Waals surface area contributed by atoms with Crippen LogP contribution in [0.1, 0.15) is 12.0 Å². The number of amides is 1. The van der Waals surface area contributed by atoms with Gasteiger partial charge in [-0.3, -0.25) is 20.0 Å². The van der Waals surface area contributed by atoms with Crippen molar-refractivity contribution in [3.8, 4) is 0 Å². The Labute approximate surface area is 108 Å². The second-order valence-electron chi connectivity index (χ2n) is 4.17. The van der Waals surface area contributed by atoms with Crippen LogP contribution in [0.4, 0.5) is 5.69 Å². The predicted octanol–water partition coefficient (Wildman–Crippen LogP) is 0.297. The van der Waals surface area contributed by atoms with E-state index >= 15 is 0 Å². The van der Waals surface area contributed by atoms with Gasteiger partial charge in [-0.25, -0.2) is 10.0 Å². The number of para-hydroxylation sites is 1. The third-order valence-corrected chi connectivity index (χ3v) is 2.86. The molecule has 2 aliphatic heterocycles. The van der Waals surface area contributed by atoms with Gasteiger partial charge in [0, 0.05) is 5.56 Å². The Balaban J connectivity index is 2.04. The predicted molar refractivity (Wildman–Crippen MR) is 67.2 cm³/mol. The number of carbonyl (C=O) groups excluding carboxylic acids is 1. The van der Waals surface area contributed by atoms with Gasteiger partial charge in [0.1, 0.15) is 12.4 Å². The summed E-state index contributed by atoms with van der Waals surface area (Å²) in [7, 11) is 0. The Hall–Kier alpha value is -2.70. The zero-order valence-corrected chi connectivity index (χ0v) is 9.78. The molecule has 0 aliphatic carbocycles. The number of hydrogen-bond acceptors (Lipinski definition) is 5. The molecule has 7 nitrogen and oxygen atoms in total. The van der Waals surface area contributed by atoms with Crippen LogP contribution in [-0.4, -0.2) is 40.2 Å². The van der Waals surface area contributed by atoms with Crippen molar-refractivity contribution in [2.75, 3.05) is 0 Å². The summed E-state index contributed by atoms with van der Waals surface area (Å²) in [6.45, 7) is 0. The third kappa shape index (κ3) is 1.95. The summed E-state index contributed by atoms with van der Waals surface area (Å²) in [5.74, 6) is -0.996. The molecule has 0 aromatic heterocycles. The standard InChI is InChI=1S/C12H10N4O3/c17-10(18)5-9-12(19)15-16-6-13-8-4-2-1-3-7(8)11(16)14-9/h1-4,6,9H,5H2,(H,15,19)(H,17,18)/t9-/m1/s1. The zero-order chi connectivity index (χ0) is 13.4. The van der Waals surface area contributed by atoms with Crippen LogP contribution in [0.3, 0.4) is 0 Å².